The Balaban J connectivity index is 1.16. The third kappa shape index (κ3) is 5.67. The molecular weight excluding hydrogens is 428 g/mol. The second-order valence-electron chi connectivity index (χ2n) is 9.31. The van der Waals surface area contributed by atoms with E-state index in [1.165, 1.54) is 27.8 Å². The van der Waals surface area contributed by atoms with E-state index in [9.17, 15) is 0 Å². The van der Waals surface area contributed by atoms with Gasteiger partial charge in [-0.05, 0) is 85.6 Å². The van der Waals surface area contributed by atoms with Crippen LogP contribution in [-0.4, -0.2) is 23.1 Å². The molecule has 2 heterocycles. The fourth-order valence-corrected chi connectivity index (χ4v) is 4.60. The van der Waals surface area contributed by atoms with Gasteiger partial charge in [-0.25, -0.2) is 4.98 Å². The number of aromatic nitrogens is 2. The summed E-state index contributed by atoms with van der Waals surface area (Å²) in [6.45, 7) is 4.09. The number of hydrogen-bond acceptors (Lipinski definition) is 4. The van der Waals surface area contributed by atoms with Gasteiger partial charge in [0.1, 0.15) is 5.52 Å². The molecule has 0 aliphatic rings. The molecule has 2 aromatic heterocycles. The molecule has 35 heavy (non-hydrogen) atoms. The van der Waals surface area contributed by atoms with Gasteiger partial charge in [-0.15, -0.1) is 0 Å². The first-order valence-electron chi connectivity index (χ1n) is 12.4. The van der Waals surface area contributed by atoms with Crippen molar-refractivity contribution in [2.75, 3.05) is 18.8 Å². The maximum Gasteiger partial charge on any atom is 0.150 e. The van der Waals surface area contributed by atoms with Crippen LogP contribution in [0.15, 0.2) is 85.1 Å². The lowest BCUT2D eigenvalue weighted by Crippen LogP contribution is -2.20. The van der Waals surface area contributed by atoms with E-state index in [1.54, 1.807) is 0 Å². The molecule has 0 amide bonds. The van der Waals surface area contributed by atoms with Crippen molar-refractivity contribution in [2.45, 2.75) is 32.6 Å². The van der Waals surface area contributed by atoms with Crippen LogP contribution in [0.4, 0.5) is 5.82 Å². The van der Waals surface area contributed by atoms with Gasteiger partial charge in [-0.2, -0.15) is 0 Å². The van der Waals surface area contributed by atoms with Gasteiger partial charge >= 0.3 is 0 Å². The van der Waals surface area contributed by atoms with E-state index in [-0.39, 0.29) is 0 Å². The molecule has 5 aromatic rings. The zero-order chi connectivity index (χ0) is 24.0. The summed E-state index contributed by atoms with van der Waals surface area (Å²) < 4.78 is 0. The fourth-order valence-electron chi connectivity index (χ4n) is 4.60. The molecule has 0 aliphatic carbocycles. The predicted molar refractivity (Wildman–Crippen MR) is 147 cm³/mol. The quantitative estimate of drug-likeness (QED) is 0.214. The van der Waals surface area contributed by atoms with Crippen molar-refractivity contribution in [1.29, 1.82) is 0 Å². The first kappa shape index (κ1) is 23.0. The average Bonchev–Trinajstić information content (AvgIpc) is 2.88. The van der Waals surface area contributed by atoms with Crippen molar-refractivity contribution in [2.24, 2.45) is 0 Å². The van der Waals surface area contributed by atoms with Crippen molar-refractivity contribution in [3.8, 4) is 0 Å². The fraction of sp³-hybridized carbons (Fsp3) is 0.226. The topological polar surface area (TPSA) is 63.8 Å². The number of anilines is 1. The monoisotopic (exact) mass is 460 g/mol. The Morgan fingerprint density at radius 3 is 2.09 bits per heavy atom. The third-order valence-corrected chi connectivity index (χ3v) is 6.62. The minimum Gasteiger partial charge on any atom is -0.382 e. The standard InChI is InChI=1S/C31H32N4/c1-22-7-14-27-28-20-26(21-34-30(28)31(32)35-29(27)19-22)13-12-24-8-10-25(11-9-24)16-18-33-17-15-23-5-3-2-4-6-23/h2-11,14,19-21,33H,12-13,15-18H2,1H3,(H2,32,35). The molecule has 0 bridgehead atoms. The largest absolute Gasteiger partial charge is 0.382 e. The molecule has 0 atom stereocenters. The van der Waals surface area contributed by atoms with Crippen molar-refractivity contribution in [1.82, 2.24) is 15.3 Å². The van der Waals surface area contributed by atoms with E-state index in [0.717, 1.165) is 60.6 Å². The molecule has 0 aliphatic heterocycles. The summed E-state index contributed by atoms with van der Waals surface area (Å²) in [5, 5.41) is 5.75. The van der Waals surface area contributed by atoms with Gasteiger partial charge in [0, 0.05) is 17.0 Å². The first-order valence-corrected chi connectivity index (χ1v) is 12.4. The minimum atomic E-state index is 0.495. The van der Waals surface area contributed by atoms with Gasteiger partial charge in [0.25, 0.3) is 0 Å². The van der Waals surface area contributed by atoms with Crippen LogP contribution < -0.4 is 11.1 Å². The number of benzene rings is 3. The van der Waals surface area contributed by atoms with Crippen molar-refractivity contribution in [3.63, 3.8) is 0 Å². The Labute approximate surface area is 207 Å². The summed E-state index contributed by atoms with van der Waals surface area (Å²) in [4.78, 5) is 9.21. The number of fused-ring (bicyclic) bond motifs is 3. The zero-order valence-electron chi connectivity index (χ0n) is 20.3. The summed E-state index contributed by atoms with van der Waals surface area (Å²) >= 11 is 0. The van der Waals surface area contributed by atoms with Gasteiger partial charge in [0.15, 0.2) is 5.82 Å². The second-order valence-corrected chi connectivity index (χ2v) is 9.31. The maximum absolute atomic E-state index is 6.20. The average molecular weight is 461 g/mol. The molecule has 0 unspecified atom stereocenters. The molecule has 4 heteroatoms. The summed E-state index contributed by atoms with van der Waals surface area (Å²) in [5.74, 6) is 0.495. The molecular formula is C31H32N4. The van der Waals surface area contributed by atoms with Gasteiger partial charge in [0.05, 0.1) is 5.52 Å². The van der Waals surface area contributed by atoms with E-state index >= 15 is 0 Å². The lowest BCUT2D eigenvalue weighted by atomic mass is 10.0. The molecule has 0 radical (unpaired) electrons. The van der Waals surface area contributed by atoms with Crippen molar-refractivity contribution >= 4 is 27.6 Å². The first-order chi connectivity index (χ1) is 17.2. The Bertz CT molecular complexity index is 1430. The molecule has 0 spiro atoms. The number of pyridine rings is 2. The zero-order valence-corrected chi connectivity index (χ0v) is 20.3. The molecule has 4 nitrogen and oxygen atoms in total. The van der Waals surface area contributed by atoms with Crippen LogP contribution >= 0.6 is 0 Å². The number of nitrogens with two attached hydrogens (primary N) is 1. The SMILES string of the molecule is Cc1ccc2c(c1)nc(N)c1ncc(CCc3ccc(CCNCCc4ccccc4)cc3)cc12. The summed E-state index contributed by atoms with van der Waals surface area (Å²) in [7, 11) is 0. The van der Waals surface area contributed by atoms with Crippen LogP contribution in [0.25, 0.3) is 21.8 Å². The highest BCUT2D eigenvalue weighted by molar-refractivity contribution is 6.08. The number of nitrogen functional groups attached to an aromatic ring is 1. The van der Waals surface area contributed by atoms with Crippen LogP contribution in [-0.2, 0) is 25.7 Å². The normalized spacial score (nSPS) is 11.3. The number of rotatable bonds is 9. The van der Waals surface area contributed by atoms with E-state index < -0.39 is 0 Å². The highest BCUT2D eigenvalue weighted by Gasteiger charge is 2.09. The number of hydrogen-bond donors (Lipinski definition) is 2. The lowest BCUT2D eigenvalue weighted by molar-refractivity contribution is 0.681. The van der Waals surface area contributed by atoms with E-state index in [4.69, 9.17) is 5.73 Å². The van der Waals surface area contributed by atoms with Crippen LogP contribution in [0.3, 0.4) is 0 Å². The summed E-state index contributed by atoms with van der Waals surface area (Å²) in [6, 6.07) is 28.2. The lowest BCUT2D eigenvalue weighted by Gasteiger charge is -2.09. The minimum absolute atomic E-state index is 0.495. The highest BCUT2D eigenvalue weighted by atomic mass is 14.9. The molecule has 3 N–H and O–H groups in total. The van der Waals surface area contributed by atoms with Gasteiger partial charge in [-0.3, -0.25) is 4.98 Å². The molecule has 5 rings (SSSR count). The van der Waals surface area contributed by atoms with Gasteiger partial charge in [-0.1, -0.05) is 66.7 Å². The molecule has 176 valence electrons. The van der Waals surface area contributed by atoms with Gasteiger partial charge in [0.2, 0.25) is 0 Å². The Morgan fingerprint density at radius 2 is 1.34 bits per heavy atom. The van der Waals surface area contributed by atoms with Crippen LogP contribution in [0.2, 0.25) is 0 Å². The third-order valence-electron chi connectivity index (χ3n) is 6.62. The van der Waals surface area contributed by atoms with E-state index in [0.29, 0.717) is 5.82 Å². The number of nitrogens with zero attached hydrogens (tertiary/aromatic N) is 2. The molecule has 0 saturated carbocycles. The summed E-state index contributed by atoms with van der Waals surface area (Å²) in [5.41, 5.74) is 14.4. The van der Waals surface area contributed by atoms with Crippen LogP contribution in [0.1, 0.15) is 27.8 Å². The molecule has 3 aromatic carbocycles. The highest BCUT2D eigenvalue weighted by Crippen LogP contribution is 2.28. The Morgan fingerprint density at radius 1 is 0.686 bits per heavy atom. The Hall–Kier alpha value is -3.76. The van der Waals surface area contributed by atoms with Crippen LogP contribution in [0.5, 0.6) is 0 Å². The van der Waals surface area contributed by atoms with Crippen molar-refractivity contribution < 1.29 is 0 Å². The van der Waals surface area contributed by atoms with Crippen LogP contribution in [0, 0.1) is 6.92 Å². The second kappa shape index (κ2) is 10.7. The smallest absolute Gasteiger partial charge is 0.150 e. The Kier molecular flexibility index (Phi) is 7.01. The predicted octanol–water partition coefficient (Wildman–Crippen LogP) is 5.83. The van der Waals surface area contributed by atoms with Crippen molar-refractivity contribution in [3.05, 3.63) is 113 Å². The molecule has 0 saturated heterocycles. The number of nitrogens with one attached hydrogen (secondary N) is 1. The van der Waals surface area contributed by atoms with E-state index in [1.807, 2.05) is 6.20 Å². The summed E-state index contributed by atoms with van der Waals surface area (Å²) in [6.07, 6.45) is 5.99. The molecule has 0 fully saturated rings. The number of aryl methyl sites for hydroxylation is 3. The van der Waals surface area contributed by atoms with Gasteiger partial charge < -0.3 is 11.1 Å². The van der Waals surface area contributed by atoms with E-state index in [2.05, 4.69) is 101 Å². The maximum atomic E-state index is 6.20.